The number of rotatable bonds is 6. The molecule has 2 aromatic carbocycles. The number of fused-ring (bicyclic) bond motifs is 1. The van der Waals surface area contributed by atoms with Gasteiger partial charge in [0.25, 0.3) is 5.91 Å². The van der Waals surface area contributed by atoms with Crippen LogP contribution in [0.5, 0.6) is 0 Å². The van der Waals surface area contributed by atoms with Crippen molar-refractivity contribution in [2.45, 2.75) is 39.7 Å². The molecular formula is C24H23N3O5S. The highest BCUT2D eigenvalue weighted by atomic mass is 32.1. The van der Waals surface area contributed by atoms with Gasteiger partial charge >= 0.3 is 5.97 Å². The molecule has 3 amide bonds. The van der Waals surface area contributed by atoms with E-state index in [1.165, 1.54) is 17.4 Å². The van der Waals surface area contributed by atoms with Gasteiger partial charge in [0.2, 0.25) is 11.8 Å². The first-order chi connectivity index (χ1) is 15.9. The van der Waals surface area contributed by atoms with E-state index in [-0.39, 0.29) is 43.4 Å². The summed E-state index contributed by atoms with van der Waals surface area (Å²) in [7, 11) is 0. The van der Waals surface area contributed by atoms with E-state index >= 15 is 0 Å². The third-order valence-corrected chi connectivity index (χ3v) is 6.39. The highest BCUT2D eigenvalue weighted by Gasteiger charge is 2.30. The Morgan fingerprint density at radius 1 is 1.06 bits per heavy atom. The lowest BCUT2D eigenvalue weighted by atomic mass is 10.2. The van der Waals surface area contributed by atoms with Gasteiger partial charge in [-0.3, -0.25) is 24.1 Å². The summed E-state index contributed by atoms with van der Waals surface area (Å²) in [5.41, 5.74) is 2.53. The van der Waals surface area contributed by atoms with E-state index in [0.717, 1.165) is 27.1 Å². The van der Waals surface area contributed by atoms with Crippen molar-refractivity contribution in [1.82, 2.24) is 4.57 Å². The van der Waals surface area contributed by atoms with Crippen molar-refractivity contribution in [3.8, 4) is 0 Å². The fraction of sp³-hybridized carbons (Fsp3) is 0.292. The lowest BCUT2D eigenvalue weighted by molar-refractivity contribution is -0.143. The molecule has 0 bridgehead atoms. The Balaban J connectivity index is 1.75. The van der Waals surface area contributed by atoms with Crippen molar-refractivity contribution in [3.05, 3.63) is 58.4 Å². The van der Waals surface area contributed by atoms with Gasteiger partial charge in [0.15, 0.2) is 4.80 Å². The molecule has 0 aliphatic carbocycles. The second-order valence-electron chi connectivity index (χ2n) is 7.52. The van der Waals surface area contributed by atoms with E-state index in [1.54, 1.807) is 29.7 Å². The van der Waals surface area contributed by atoms with Crippen LogP contribution in [-0.4, -0.2) is 34.9 Å². The Labute approximate surface area is 194 Å². The average Bonchev–Trinajstić information content (AvgIpc) is 3.32. The van der Waals surface area contributed by atoms with Gasteiger partial charge in [-0.2, -0.15) is 4.99 Å². The van der Waals surface area contributed by atoms with Crippen LogP contribution >= 0.6 is 11.3 Å². The van der Waals surface area contributed by atoms with E-state index in [2.05, 4.69) is 11.9 Å². The Bertz CT molecular complexity index is 1320. The van der Waals surface area contributed by atoms with E-state index in [0.29, 0.717) is 10.5 Å². The van der Waals surface area contributed by atoms with Crippen LogP contribution in [-0.2, 0) is 32.1 Å². The van der Waals surface area contributed by atoms with Gasteiger partial charge in [-0.1, -0.05) is 30.4 Å². The normalized spacial score (nSPS) is 14.4. The Morgan fingerprint density at radius 2 is 1.82 bits per heavy atom. The first-order valence-corrected chi connectivity index (χ1v) is 11.6. The molecule has 0 atom stereocenters. The molecule has 3 aromatic rings. The van der Waals surface area contributed by atoms with Crippen LogP contribution in [0.2, 0.25) is 0 Å². The molecule has 1 aliphatic heterocycles. The minimum atomic E-state index is -0.532. The standard InChI is InChI=1S/C24H23N3O5S/c1-3-15-8-9-18-19(12-15)33-24(26(18)14-22(30)32-4-2)25-23(31)16-6-5-7-17(13-16)27-20(28)10-11-21(27)29/h5-9,12-13H,3-4,10-11,14H2,1-2H3. The minimum absolute atomic E-state index is 0.0672. The van der Waals surface area contributed by atoms with Crippen LogP contribution < -0.4 is 9.70 Å². The molecule has 0 unspecified atom stereocenters. The summed E-state index contributed by atoms with van der Waals surface area (Å²) in [5.74, 6) is -1.52. The van der Waals surface area contributed by atoms with Crippen molar-refractivity contribution in [3.63, 3.8) is 0 Å². The van der Waals surface area contributed by atoms with Gasteiger partial charge in [-0.25, -0.2) is 0 Å². The van der Waals surface area contributed by atoms with Gasteiger partial charge in [-0.15, -0.1) is 0 Å². The number of carbonyl (C=O) groups is 4. The quantitative estimate of drug-likeness (QED) is 0.411. The lowest BCUT2D eigenvalue weighted by Crippen LogP contribution is -2.28. The Hall–Kier alpha value is -3.59. The second kappa shape index (κ2) is 9.50. The molecule has 170 valence electrons. The number of nitrogens with zero attached hydrogens (tertiary/aromatic N) is 3. The average molecular weight is 466 g/mol. The second-order valence-corrected chi connectivity index (χ2v) is 8.53. The van der Waals surface area contributed by atoms with Crippen LogP contribution in [0.3, 0.4) is 0 Å². The fourth-order valence-electron chi connectivity index (χ4n) is 3.71. The van der Waals surface area contributed by atoms with E-state index < -0.39 is 11.9 Å². The first-order valence-electron chi connectivity index (χ1n) is 10.7. The highest BCUT2D eigenvalue weighted by molar-refractivity contribution is 7.16. The summed E-state index contributed by atoms with van der Waals surface area (Å²) in [6.07, 6.45) is 1.19. The summed E-state index contributed by atoms with van der Waals surface area (Å²) in [6.45, 7) is 3.98. The molecule has 9 heteroatoms. The van der Waals surface area contributed by atoms with Gasteiger partial charge in [0, 0.05) is 18.4 Å². The molecule has 1 saturated heterocycles. The number of ether oxygens (including phenoxy) is 1. The van der Waals surface area contributed by atoms with E-state index in [1.807, 2.05) is 18.2 Å². The zero-order valence-electron chi connectivity index (χ0n) is 18.4. The number of amides is 3. The Morgan fingerprint density at radius 3 is 2.52 bits per heavy atom. The summed E-state index contributed by atoms with van der Waals surface area (Å²) >= 11 is 1.32. The molecule has 1 aromatic heterocycles. The maximum Gasteiger partial charge on any atom is 0.326 e. The maximum absolute atomic E-state index is 13.0. The van der Waals surface area contributed by atoms with Crippen molar-refractivity contribution < 1.29 is 23.9 Å². The molecule has 8 nitrogen and oxygen atoms in total. The predicted octanol–water partition coefficient (Wildman–Crippen LogP) is 3.22. The molecule has 1 fully saturated rings. The van der Waals surface area contributed by atoms with Crippen molar-refractivity contribution in [1.29, 1.82) is 0 Å². The number of anilines is 1. The van der Waals surface area contributed by atoms with Crippen LogP contribution in [0.4, 0.5) is 5.69 Å². The molecular weight excluding hydrogens is 442 g/mol. The number of carbonyl (C=O) groups excluding carboxylic acids is 4. The summed E-state index contributed by atoms with van der Waals surface area (Å²) < 4.78 is 7.68. The summed E-state index contributed by atoms with van der Waals surface area (Å²) in [5, 5.41) is 0. The topological polar surface area (TPSA) is 98.0 Å². The van der Waals surface area contributed by atoms with Crippen molar-refractivity contribution in [2.24, 2.45) is 4.99 Å². The Kier molecular flexibility index (Phi) is 6.50. The molecule has 1 aliphatic rings. The largest absolute Gasteiger partial charge is 0.465 e. The third-order valence-electron chi connectivity index (χ3n) is 5.35. The highest BCUT2D eigenvalue weighted by Crippen LogP contribution is 2.24. The summed E-state index contributed by atoms with van der Waals surface area (Å²) in [4.78, 5) is 55.1. The van der Waals surface area contributed by atoms with Crippen molar-refractivity contribution >= 4 is 50.9 Å². The third kappa shape index (κ3) is 4.63. The monoisotopic (exact) mass is 465 g/mol. The molecule has 2 heterocycles. The van der Waals surface area contributed by atoms with Crippen LogP contribution in [0, 0.1) is 0 Å². The SMILES string of the molecule is CCOC(=O)Cn1c(=NC(=O)c2cccc(N3C(=O)CCC3=O)c2)sc2cc(CC)ccc21. The first kappa shape index (κ1) is 22.6. The number of hydrogen-bond donors (Lipinski definition) is 0. The number of thiazole rings is 1. The molecule has 0 radical (unpaired) electrons. The molecule has 0 spiro atoms. The predicted molar refractivity (Wildman–Crippen MR) is 124 cm³/mol. The molecule has 0 N–H and O–H groups in total. The van der Waals surface area contributed by atoms with E-state index in [4.69, 9.17) is 4.74 Å². The zero-order valence-corrected chi connectivity index (χ0v) is 19.2. The summed E-state index contributed by atoms with van der Waals surface area (Å²) in [6, 6.07) is 12.2. The number of aromatic nitrogens is 1. The van der Waals surface area contributed by atoms with Gasteiger partial charge in [0.1, 0.15) is 6.54 Å². The molecule has 4 rings (SSSR count). The number of benzene rings is 2. The van der Waals surface area contributed by atoms with Gasteiger partial charge in [-0.05, 0) is 49.2 Å². The van der Waals surface area contributed by atoms with E-state index in [9.17, 15) is 19.2 Å². The zero-order chi connectivity index (χ0) is 23.5. The van der Waals surface area contributed by atoms with Crippen LogP contribution in [0.15, 0.2) is 47.5 Å². The number of esters is 1. The number of hydrogen-bond acceptors (Lipinski definition) is 6. The van der Waals surface area contributed by atoms with Gasteiger partial charge in [0.05, 0.1) is 22.5 Å². The van der Waals surface area contributed by atoms with Crippen LogP contribution in [0.25, 0.3) is 10.2 Å². The van der Waals surface area contributed by atoms with Gasteiger partial charge < -0.3 is 9.30 Å². The molecule has 0 saturated carbocycles. The maximum atomic E-state index is 13.0. The fourth-order valence-corrected chi connectivity index (χ4v) is 4.80. The minimum Gasteiger partial charge on any atom is -0.465 e. The smallest absolute Gasteiger partial charge is 0.326 e. The van der Waals surface area contributed by atoms with Crippen molar-refractivity contribution in [2.75, 3.05) is 11.5 Å². The molecule has 33 heavy (non-hydrogen) atoms. The number of imide groups is 1. The number of aryl methyl sites for hydroxylation is 1. The van der Waals surface area contributed by atoms with Crippen LogP contribution in [0.1, 0.15) is 42.6 Å². The lowest BCUT2D eigenvalue weighted by Gasteiger charge is -2.14.